The van der Waals surface area contributed by atoms with E-state index in [2.05, 4.69) is 278 Å². The fraction of sp³-hybridized carbons (Fsp3) is 0.0141. The number of rotatable bonds is 7. The van der Waals surface area contributed by atoms with Gasteiger partial charge in [-0.3, -0.25) is 0 Å². The molecule has 0 amide bonds. The predicted octanol–water partition coefficient (Wildman–Crippen LogP) is 18.1. The minimum absolute atomic E-state index is 0.550. The Labute approximate surface area is 429 Å². The van der Waals surface area contributed by atoms with Gasteiger partial charge in [0.05, 0.1) is 27.8 Å². The van der Waals surface area contributed by atoms with Gasteiger partial charge in [0, 0.05) is 33.2 Å². The monoisotopic (exact) mass is 939 g/mol. The first-order valence-corrected chi connectivity index (χ1v) is 25.5. The fourth-order valence-electron chi connectivity index (χ4n) is 12.4. The zero-order valence-corrected chi connectivity index (χ0v) is 40.3. The van der Waals surface area contributed by atoms with Crippen LogP contribution in [0.3, 0.4) is 0 Å². The van der Waals surface area contributed by atoms with E-state index in [9.17, 15) is 0 Å². The maximum atomic E-state index is 5.65. The molecule has 74 heavy (non-hydrogen) atoms. The molecule has 12 aromatic carbocycles. The highest BCUT2D eigenvalue weighted by molar-refractivity contribution is 6.25. The highest BCUT2D eigenvalue weighted by Crippen LogP contribution is 2.57. The number of benzene rings is 12. The Balaban J connectivity index is 0.990. The third-order valence-electron chi connectivity index (χ3n) is 15.6. The smallest absolute Gasteiger partial charge is 0.160 e. The number of nitrogens with zero attached hydrogens (tertiary/aromatic N) is 3. The molecule has 0 saturated carbocycles. The van der Waals surface area contributed by atoms with Crippen LogP contribution in [-0.4, -0.2) is 14.5 Å². The third kappa shape index (κ3) is 6.40. The normalized spacial score (nSPS) is 12.7. The molecule has 1 aliphatic rings. The summed E-state index contributed by atoms with van der Waals surface area (Å²) < 4.78 is 2.41. The fourth-order valence-corrected chi connectivity index (χ4v) is 12.4. The van der Waals surface area contributed by atoms with Crippen molar-refractivity contribution in [3.05, 3.63) is 295 Å². The summed E-state index contributed by atoms with van der Waals surface area (Å²) in [6.07, 6.45) is 0. The molecule has 3 nitrogen and oxygen atoms in total. The molecule has 0 N–H and O–H groups in total. The molecule has 0 unspecified atom stereocenters. The van der Waals surface area contributed by atoms with Crippen LogP contribution in [0.1, 0.15) is 22.3 Å². The Hall–Kier alpha value is -9.70. The van der Waals surface area contributed by atoms with E-state index in [-0.39, 0.29) is 0 Å². The molecular weight excluding hydrogens is 895 g/mol. The highest BCUT2D eigenvalue weighted by atomic mass is 15.0. The molecule has 2 heterocycles. The molecule has 0 atom stereocenters. The van der Waals surface area contributed by atoms with Gasteiger partial charge >= 0.3 is 0 Å². The molecule has 0 fully saturated rings. The number of aromatic nitrogens is 3. The van der Waals surface area contributed by atoms with Crippen LogP contribution in [-0.2, 0) is 5.41 Å². The minimum Gasteiger partial charge on any atom is -0.309 e. The molecule has 344 valence electrons. The van der Waals surface area contributed by atoms with E-state index in [0.29, 0.717) is 5.82 Å². The summed E-state index contributed by atoms with van der Waals surface area (Å²) in [5.74, 6) is 0.656. The maximum absolute atomic E-state index is 5.65. The minimum atomic E-state index is -0.550. The molecule has 15 rings (SSSR count). The van der Waals surface area contributed by atoms with Gasteiger partial charge in [0.25, 0.3) is 0 Å². The van der Waals surface area contributed by atoms with Crippen molar-refractivity contribution in [1.82, 2.24) is 14.5 Å². The van der Waals surface area contributed by atoms with E-state index in [4.69, 9.17) is 9.97 Å². The van der Waals surface area contributed by atoms with E-state index in [1.807, 2.05) is 0 Å². The molecular formula is C71H45N3. The first-order valence-electron chi connectivity index (χ1n) is 25.5. The summed E-state index contributed by atoms with van der Waals surface area (Å²) >= 11 is 0. The van der Waals surface area contributed by atoms with Gasteiger partial charge in [-0.2, -0.15) is 0 Å². The zero-order chi connectivity index (χ0) is 48.7. The molecule has 0 spiro atoms. The Bertz CT molecular complexity index is 4410. The summed E-state index contributed by atoms with van der Waals surface area (Å²) in [6.45, 7) is 0. The highest BCUT2D eigenvalue weighted by Gasteiger charge is 2.46. The lowest BCUT2D eigenvalue weighted by Gasteiger charge is -2.34. The van der Waals surface area contributed by atoms with Gasteiger partial charge in [0.15, 0.2) is 5.82 Å². The summed E-state index contributed by atoms with van der Waals surface area (Å²) in [7, 11) is 0. The van der Waals surface area contributed by atoms with Crippen LogP contribution in [0.5, 0.6) is 0 Å². The van der Waals surface area contributed by atoms with Crippen molar-refractivity contribution < 1.29 is 0 Å². The van der Waals surface area contributed by atoms with E-state index in [1.54, 1.807) is 0 Å². The first kappa shape index (κ1) is 42.0. The second-order valence-electron chi connectivity index (χ2n) is 19.6. The Morgan fingerprint density at radius 1 is 0.270 bits per heavy atom. The largest absolute Gasteiger partial charge is 0.309 e. The van der Waals surface area contributed by atoms with Gasteiger partial charge in [-0.05, 0) is 125 Å². The molecule has 1 aliphatic carbocycles. The lowest BCUT2D eigenvalue weighted by molar-refractivity contribution is 0.768. The van der Waals surface area contributed by atoms with Crippen molar-refractivity contribution in [1.29, 1.82) is 0 Å². The van der Waals surface area contributed by atoms with Gasteiger partial charge in [-0.25, -0.2) is 9.97 Å². The standard InChI is InChI=1S/C71H45N3/c1-4-20-46(21-5-1)66-45-67(48-37-39-60-59-30-14-17-33-64(59)71(65(60)44-48,51-22-6-2-7-23-51)52-24-8-3-9-25-52)73-70(72-66)50-40-49(41-53(42-50)74-68-34-18-15-31-61(68)62-32-16-19-35-69(62)74)47-36-38-58-56-28-11-10-26-54(56)55-27-12-13-29-57(55)63(58)43-47/h1-45H. The van der Waals surface area contributed by atoms with Gasteiger partial charge in [-0.15, -0.1) is 0 Å². The van der Waals surface area contributed by atoms with Gasteiger partial charge < -0.3 is 4.57 Å². The van der Waals surface area contributed by atoms with Crippen LogP contribution in [0, 0.1) is 0 Å². The lowest BCUT2D eigenvalue weighted by atomic mass is 9.67. The molecule has 0 bridgehead atoms. The topological polar surface area (TPSA) is 30.7 Å². The van der Waals surface area contributed by atoms with Crippen molar-refractivity contribution in [3.63, 3.8) is 0 Å². The van der Waals surface area contributed by atoms with Crippen molar-refractivity contribution >= 4 is 54.1 Å². The van der Waals surface area contributed by atoms with Crippen LogP contribution in [0.4, 0.5) is 0 Å². The summed E-state index contributed by atoms with van der Waals surface area (Å²) in [5.41, 5.74) is 17.1. The predicted molar refractivity (Wildman–Crippen MR) is 308 cm³/mol. The quantitative estimate of drug-likeness (QED) is 0.149. The summed E-state index contributed by atoms with van der Waals surface area (Å²) in [4.78, 5) is 11.2. The third-order valence-corrected chi connectivity index (χ3v) is 15.6. The van der Waals surface area contributed by atoms with E-state index in [0.717, 1.165) is 55.9 Å². The molecule has 0 aliphatic heterocycles. The number of para-hydroxylation sites is 2. The number of hydrogen-bond acceptors (Lipinski definition) is 2. The van der Waals surface area contributed by atoms with Crippen LogP contribution >= 0.6 is 0 Å². The van der Waals surface area contributed by atoms with Crippen molar-refractivity contribution in [2.45, 2.75) is 5.41 Å². The molecule has 14 aromatic rings. The first-order chi connectivity index (χ1) is 36.7. The van der Waals surface area contributed by atoms with Crippen LogP contribution in [0.15, 0.2) is 273 Å². The summed E-state index contributed by atoms with van der Waals surface area (Å²) in [5, 5.41) is 9.92. The van der Waals surface area contributed by atoms with E-state index in [1.165, 1.54) is 76.5 Å². The Morgan fingerprint density at radius 2 is 0.743 bits per heavy atom. The molecule has 0 saturated heterocycles. The van der Waals surface area contributed by atoms with Crippen molar-refractivity contribution in [2.75, 3.05) is 0 Å². The van der Waals surface area contributed by atoms with E-state index < -0.39 is 5.41 Å². The SMILES string of the molecule is c1ccc(-c2cc(-c3ccc4c(c3)C(c3ccccc3)(c3ccccc3)c3ccccc3-4)nc(-c3cc(-c4ccc5c6ccccc6c6ccccc6c5c4)cc(-n4c5ccccc5c5ccccc54)c3)n2)cc1. The van der Waals surface area contributed by atoms with Crippen molar-refractivity contribution in [2.24, 2.45) is 0 Å². The Morgan fingerprint density at radius 3 is 1.38 bits per heavy atom. The second-order valence-corrected chi connectivity index (χ2v) is 19.6. The molecule has 3 heteroatoms. The van der Waals surface area contributed by atoms with Gasteiger partial charge in [0.2, 0.25) is 0 Å². The second kappa shape index (κ2) is 16.7. The van der Waals surface area contributed by atoms with Gasteiger partial charge in [0.1, 0.15) is 0 Å². The van der Waals surface area contributed by atoms with Crippen LogP contribution in [0.2, 0.25) is 0 Å². The summed E-state index contributed by atoms with van der Waals surface area (Å²) in [6, 6.07) is 99.6. The van der Waals surface area contributed by atoms with Gasteiger partial charge in [-0.1, -0.05) is 224 Å². The number of hydrogen-bond donors (Lipinski definition) is 0. The molecule has 2 aromatic heterocycles. The zero-order valence-electron chi connectivity index (χ0n) is 40.3. The van der Waals surface area contributed by atoms with E-state index >= 15 is 0 Å². The lowest BCUT2D eigenvalue weighted by Crippen LogP contribution is -2.28. The van der Waals surface area contributed by atoms with Crippen LogP contribution < -0.4 is 0 Å². The number of fused-ring (bicyclic) bond motifs is 12. The average molecular weight is 940 g/mol. The van der Waals surface area contributed by atoms with Crippen molar-refractivity contribution in [3.8, 4) is 61.8 Å². The maximum Gasteiger partial charge on any atom is 0.160 e. The average Bonchev–Trinajstić information content (AvgIpc) is 4.04. The van der Waals surface area contributed by atoms with Crippen LogP contribution in [0.25, 0.3) is 116 Å². The molecule has 0 radical (unpaired) electrons. The Kier molecular flexibility index (Phi) is 9.48.